The number of ether oxygens (including phenoxy) is 2. The van der Waals surface area contributed by atoms with Crippen LogP contribution in [0.3, 0.4) is 0 Å². The maximum atomic E-state index is 13.3. The molecule has 2 aromatic carbocycles. The van der Waals surface area contributed by atoms with Gasteiger partial charge >= 0.3 is 0 Å². The summed E-state index contributed by atoms with van der Waals surface area (Å²) in [5.41, 5.74) is 9.69. The quantitative estimate of drug-likeness (QED) is 0.196. The molecular formula is C25H31N5O4. The molecule has 0 aromatic heterocycles. The molecule has 1 aliphatic heterocycles. The Kier molecular flexibility index (Phi) is 9.31. The van der Waals surface area contributed by atoms with Gasteiger partial charge in [0.25, 0.3) is 5.91 Å². The first-order valence-electron chi connectivity index (χ1n) is 11.6. The van der Waals surface area contributed by atoms with Crippen LogP contribution in [0.4, 0.5) is 5.69 Å². The van der Waals surface area contributed by atoms with Gasteiger partial charge in [0, 0.05) is 42.2 Å². The van der Waals surface area contributed by atoms with Crippen molar-refractivity contribution in [1.29, 1.82) is 0 Å². The molecule has 0 radical (unpaired) electrons. The van der Waals surface area contributed by atoms with Crippen LogP contribution in [-0.2, 0) is 16.0 Å². The molecule has 3 rings (SSSR count). The second kappa shape index (κ2) is 12.6. The molecule has 0 spiro atoms. The van der Waals surface area contributed by atoms with Crippen LogP contribution in [0.2, 0.25) is 0 Å². The van der Waals surface area contributed by atoms with Gasteiger partial charge in [-0.3, -0.25) is 4.79 Å². The van der Waals surface area contributed by atoms with Crippen molar-refractivity contribution in [3.8, 4) is 5.75 Å². The number of hydrogen-bond donors (Lipinski definition) is 2. The minimum Gasteiger partial charge on any atom is -0.494 e. The first-order valence-corrected chi connectivity index (χ1v) is 11.6. The van der Waals surface area contributed by atoms with Crippen molar-refractivity contribution in [3.63, 3.8) is 0 Å². The molecular weight excluding hydrogens is 434 g/mol. The summed E-state index contributed by atoms with van der Waals surface area (Å²) >= 11 is 0. The molecule has 2 aromatic rings. The third-order valence-electron chi connectivity index (χ3n) is 5.55. The number of amides is 1. The summed E-state index contributed by atoms with van der Waals surface area (Å²) in [5, 5.41) is 15.7. The van der Waals surface area contributed by atoms with Crippen molar-refractivity contribution < 1.29 is 19.4 Å². The fourth-order valence-corrected chi connectivity index (χ4v) is 3.69. The number of carbonyl (C=O) groups is 1. The van der Waals surface area contributed by atoms with Crippen LogP contribution in [0.5, 0.6) is 5.75 Å². The van der Waals surface area contributed by atoms with Crippen molar-refractivity contribution in [3.05, 3.63) is 70.1 Å². The van der Waals surface area contributed by atoms with Crippen LogP contribution >= 0.6 is 0 Å². The maximum absolute atomic E-state index is 13.3. The molecule has 0 bridgehead atoms. The van der Waals surface area contributed by atoms with Gasteiger partial charge in [0.2, 0.25) is 5.90 Å². The van der Waals surface area contributed by atoms with Gasteiger partial charge in [0.05, 0.1) is 6.61 Å². The highest BCUT2D eigenvalue weighted by molar-refractivity contribution is 6.00. The van der Waals surface area contributed by atoms with E-state index in [9.17, 15) is 4.79 Å². The van der Waals surface area contributed by atoms with Crippen molar-refractivity contribution >= 4 is 17.5 Å². The number of nitrogens with zero attached hydrogens (tertiary/aromatic N) is 4. The van der Waals surface area contributed by atoms with E-state index in [4.69, 9.17) is 25.1 Å². The average molecular weight is 466 g/mol. The van der Waals surface area contributed by atoms with Gasteiger partial charge in [-0.25, -0.2) is 4.99 Å². The lowest BCUT2D eigenvalue weighted by Gasteiger charge is -2.24. The molecule has 1 heterocycles. The molecule has 34 heavy (non-hydrogen) atoms. The van der Waals surface area contributed by atoms with Gasteiger partial charge in [0.1, 0.15) is 12.4 Å². The van der Waals surface area contributed by atoms with Gasteiger partial charge in [-0.2, -0.15) is 0 Å². The van der Waals surface area contributed by atoms with E-state index in [2.05, 4.69) is 22.3 Å². The maximum Gasteiger partial charge on any atom is 0.251 e. The zero-order chi connectivity index (χ0) is 24.2. The molecule has 0 unspecified atom stereocenters. The molecule has 9 nitrogen and oxygen atoms in total. The number of azide groups is 1. The number of nitrogens with one attached hydrogen (secondary N) is 1. The highest BCUT2D eigenvalue weighted by Crippen LogP contribution is 2.31. The summed E-state index contributed by atoms with van der Waals surface area (Å²) < 4.78 is 11.5. The molecule has 1 atom stereocenters. The third kappa shape index (κ3) is 6.50. The highest BCUT2D eigenvalue weighted by Gasteiger charge is 2.44. The van der Waals surface area contributed by atoms with E-state index in [1.807, 2.05) is 24.3 Å². The molecule has 0 fully saturated rings. The second-order valence-corrected chi connectivity index (χ2v) is 8.15. The lowest BCUT2D eigenvalue weighted by molar-refractivity contribution is -0.126. The SMILES string of the molecule is CCCCCNC(=O)[C@@]1(Cc2ccccc2N=[N+]=[N-])COC(c2ccc(OCCCO)cc2)=N1. The normalized spacial score (nSPS) is 16.8. The molecule has 1 amide bonds. The number of carbonyl (C=O) groups excluding carboxylic acids is 1. The first kappa shape index (κ1) is 25.1. The Morgan fingerprint density at radius 2 is 2.03 bits per heavy atom. The molecule has 1 aliphatic rings. The predicted octanol–water partition coefficient (Wildman–Crippen LogP) is 4.45. The molecule has 0 aliphatic carbocycles. The van der Waals surface area contributed by atoms with Crippen LogP contribution < -0.4 is 10.1 Å². The summed E-state index contributed by atoms with van der Waals surface area (Å²) in [5.74, 6) is 0.851. The fourth-order valence-electron chi connectivity index (χ4n) is 3.69. The third-order valence-corrected chi connectivity index (χ3v) is 5.55. The Morgan fingerprint density at radius 3 is 2.76 bits per heavy atom. The summed E-state index contributed by atoms with van der Waals surface area (Å²) in [7, 11) is 0. The van der Waals surface area contributed by atoms with E-state index < -0.39 is 5.54 Å². The van der Waals surface area contributed by atoms with E-state index in [-0.39, 0.29) is 25.5 Å². The van der Waals surface area contributed by atoms with E-state index >= 15 is 0 Å². The standard InChI is InChI=1S/C25H31N5O4/c1-2-3-6-14-27-24(32)25(17-20-8-4-5-9-22(20)29-30-26)18-34-23(28-25)19-10-12-21(13-11-19)33-16-7-15-31/h4-5,8-13,31H,2-3,6-7,14-18H2,1H3,(H,27,32)/t25-/m1/s1. The number of aliphatic hydroxyl groups is 1. The molecule has 9 heteroatoms. The average Bonchev–Trinajstić information content (AvgIpc) is 3.29. The number of benzene rings is 2. The van der Waals surface area contributed by atoms with E-state index in [0.29, 0.717) is 36.9 Å². The summed E-state index contributed by atoms with van der Waals surface area (Å²) in [4.78, 5) is 21.0. The van der Waals surface area contributed by atoms with Gasteiger partial charge < -0.3 is 19.9 Å². The first-order chi connectivity index (χ1) is 16.6. The number of rotatable bonds is 13. The van der Waals surface area contributed by atoms with E-state index in [0.717, 1.165) is 30.4 Å². The van der Waals surface area contributed by atoms with Gasteiger partial charge in [-0.05, 0) is 41.8 Å². The molecule has 2 N–H and O–H groups in total. The Hall–Kier alpha value is -3.55. The molecule has 0 saturated heterocycles. The summed E-state index contributed by atoms with van der Waals surface area (Å²) in [6.45, 7) is 3.27. The van der Waals surface area contributed by atoms with Crippen molar-refractivity contribution in [2.24, 2.45) is 10.1 Å². The van der Waals surface area contributed by atoms with Crippen molar-refractivity contribution in [2.75, 3.05) is 26.4 Å². The van der Waals surface area contributed by atoms with Gasteiger partial charge in [0.15, 0.2) is 5.54 Å². The van der Waals surface area contributed by atoms with Gasteiger partial charge in [-0.1, -0.05) is 49.1 Å². The monoisotopic (exact) mass is 465 g/mol. The topological polar surface area (TPSA) is 129 Å². The largest absolute Gasteiger partial charge is 0.494 e. The minimum absolute atomic E-state index is 0.0775. The zero-order valence-corrected chi connectivity index (χ0v) is 19.4. The Morgan fingerprint density at radius 1 is 1.24 bits per heavy atom. The van der Waals surface area contributed by atoms with Crippen molar-refractivity contribution in [2.45, 2.75) is 44.6 Å². The Labute approximate surface area is 199 Å². The van der Waals surface area contributed by atoms with E-state index in [1.165, 1.54) is 0 Å². The van der Waals surface area contributed by atoms with E-state index in [1.54, 1.807) is 24.3 Å². The van der Waals surface area contributed by atoms with Crippen LogP contribution in [0.1, 0.15) is 43.7 Å². The van der Waals surface area contributed by atoms with Gasteiger partial charge in [-0.15, -0.1) is 0 Å². The lowest BCUT2D eigenvalue weighted by Crippen LogP contribution is -2.48. The molecule has 0 saturated carbocycles. The zero-order valence-electron chi connectivity index (χ0n) is 19.4. The van der Waals surface area contributed by atoms with Crippen LogP contribution in [0, 0.1) is 0 Å². The van der Waals surface area contributed by atoms with Crippen LogP contribution in [0.25, 0.3) is 10.4 Å². The summed E-state index contributed by atoms with van der Waals surface area (Å²) in [6, 6.07) is 14.5. The number of hydrogen-bond acceptors (Lipinski definition) is 6. The van der Waals surface area contributed by atoms with Crippen LogP contribution in [0.15, 0.2) is 58.6 Å². The second-order valence-electron chi connectivity index (χ2n) is 8.15. The fraction of sp³-hybridized carbons (Fsp3) is 0.440. The minimum atomic E-state index is -1.17. The number of unbranched alkanes of at least 4 members (excludes halogenated alkanes) is 2. The van der Waals surface area contributed by atoms with Crippen molar-refractivity contribution in [1.82, 2.24) is 5.32 Å². The summed E-state index contributed by atoms with van der Waals surface area (Å²) in [6.07, 6.45) is 3.79. The molecule has 180 valence electrons. The highest BCUT2D eigenvalue weighted by atomic mass is 16.5. The Balaban J connectivity index is 1.85. The Bertz CT molecular complexity index is 1030. The van der Waals surface area contributed by atoms with Crippen LogP contribution in [-0.4, -0.2) is 48.8 Å². The number of aliphatic hydroxyl groups excluding tert-OH is 1. The smallest absolute Gasteiger partial charge is 0.251 e. The number of aliphatic imine (C=N–C) groups is 1. The lowest BCUT2D eigenvalue weighted by atomic mass is 9.90. The predicted molar refractivity (Wildman–Crippen MR) is 130 cm³/mol.